The molecule has 0 bridgehead atoms. The van der Waals surface area contributed by atoms with Gasteiger partial charge in [-0.15, -0.1) is 0 Å². The highest BCUT2D eigenvalue weighted by Crippen LogP contribution is 2.37. The van der Waals surface area contributed by atoms with Crippen LogP contribution < -0.4 is 0 Å². The van der Waals surface area contributed by atoms with Crippen LogP contribution in [-0.4, -0.2) is 10.1 Å². The van der Waals surface area contributed by atoms with Crippen LogP contribution in [0.4, 0.5) is 0 Å². The minimum absolute atomic E-state index is 0.513. The summed E-state index contributed by atoms with van der Waals surface area (Å²) in [5, 5.41) is 9.22. The monoisotopic (exact) mass is 474 g/mol. The zero-order valence-corrected chi connectivity index (χ0v) is 20.0. The Balaban J connectivity index is 1.22. The summed E-state index contributed by atoms with van der Waals surface area (Å²) in [5.74, 6) is 1.09. The van der Waals surface area contributed by atoms with Gasteiger partial charge in [0, 0.05) is 11.1 Å². The van der Waals surface area contributed by atoms with Gasteiger partial charge < -0.3 is 4.52 Å². The van der Waals surface area contributed by atoms with Crippen LogP contribution in [0.2, 0.25) is 0 Å². The molecular formula is C34H22N2O. The molecule has 0 N–H and O–H groups in total. The third kappa shape index (κ3) is 3.87. The van der Waals surface area contributed by atoms with Crippen molar-refractivity contribution in [1.82, 2.24) is 10.1 Å². The molecule has 0 amide bonds. The molecule has 6 aromatic carbocycles. The zero-order chi connectivity index (χ0) is 24.6. The van der Waals surface area contributed by atoms with E-state index in [0.717, 1.165) is 22.3 Å². The Morgan fingerprint density at radius 1 is 0.432 bits per heavy atom. The molecule has 1 aromatic heterocycles. The molecule has 0 radical (unpaired) electrons. The molecule has 0 aliphatic heterocycles. The minimum atomic E-state index is 0.513. The largest absolute Gasteiger partial charge is 0.334 e. The molecule has 37 heavy (non-hydrogen) atoms. The highest BCUT2D eigenvalue weighted by atomic mass is 16.5. The molecule has 0 saturated carbocycles. The fourth-order valence-electron chi connectivity index (χ4n) is 5.00. The topological polar surface area (TPSA) is 38.9 Å². The van der Waals surface area contributed by atoms with Crippen molar-refractivity contribution in [2.24, 2.45) is 0 Å². The first-order valence-electron chi connectivity index (χ1n) is 12.3. The summed E-state index contributed by atoms with van der Waals surface area (Å²) in [6.07, 6.45) is 0. The minimum Gasteiger partial charge on any atom is -0.334 e. The number of rotatable bonds is 4. The SMILES string of the molecule is c1ccc(-c2ccc(-c3nc(-c4ccc(-c5c6ccccc6cc6ccccc56)cc4)no3)cc2)cc1. The summed E-state index contributed by atoms with van der Waals surface area (Å²) in [5.41, 5.74) is 6.56. The van der Waals surface area contributed by atoms with Gasteiger partial charge in [0.15, 0.2) is 0 Å². The van der Waals surface area contributed by atoms with Crippen molar-refractivity contribution < 1.29 is 4.52 Å². The van der Waals surface area contributed by atoms with E-state index in [1.54, 1.807) is 0 Å². The first kappa shape index (κ1) is 21.3. The van der Waals surface area contributed by atoms with E-state index in [9.17, 15) is 0 Å². The van der Waals surface area contributed by atoms with E-state index in [1.807, 2.05) is 30.3 Å². The van der Waals surface area contributed by atoms with Gasteiger partial charge in [0.1, 0.15) is 0 Å². The molecule has 0 fully saturated rings. The number of hydrogen-bond acceptors (Lipinski definition) is 3. The van der Waals surface area contributed by atoms with E-state index < -0.39 is 0 Å². The summed E-state index contributed by atoms with van der Waals surface area (Å²) in [6, 6.07) is 46.3. The van der Waals surface area contributed by atoms with E-state index >= 15 is 0 Å². The van der Waals surface area contributed by atoms with Crippen LogP contribution in [0.15, 0.2) is 138 Å². The fraction of sp³-hybridized carbons (Fsp3) is 0. The van der Waals surface area contributed by atoms with Gasteiger partial charge in [-0.25, -0.2) is 0 Å². The predicted octanol–water partition coefficient (Wildman–Crippen LogP) is 9.04. The average Bonchev–Trinajstić information content (AvgIpc) is 3.47. The number of fused-ring (bicyclic) bond motifs is 2. The molecule has 7 aromatic rings. The van der Waals surface area contributed by atoms with Crippen molar-refractivity contribution in [3.05, 3.63) is 133 Å². The van der Waals surface area contributed by atoms with Gasteiger partial charge in [0.05, 0.1) is 0 Å². The molecule has 3 nitrogen and oxygen atoms in total. The van der Waals surface area contributed by atoms with Crippen LogP contribution in [0.5, 0.6) is 0 Å². The van der Waals surface area contributed by atoms with Crippen molar-refractivity contribution in [3.8, 4) is 45.1 Å². The molecular weight excluding hydrogens is 452 g/mol. The summed E-state index contributed by atoms with van der Waals surface area (Å²) < 4.78 is 5.62. The van der Waals surface area contributed by atoms with Crippen molar-refractivity contribution >= 4 is 21.5 Å². The molecule has 0 atom stereocenters. The number of hydrogen-bond donors (Lipinski definition) is 0. The fourth-order valence-corrected chi connectivity index (χ4v) is 5.00. The van der Waals surface area contributed by atoms with Gasteiger partial charge >= 0.3 is 0 Å². The third-order valence-corrected chi connectivity index (χ3v) is 6.87. The Morgan fingerprint density at radius 2 is 0.946 bits per heavy atom. The molecule has 174 valence electrons. The maximum Gasteiger partial charge on any atom is 0.258 e. The number of benzene rings is 6. The lowest BCUT2D eigenvalue weighted by atomic mass is 9.92. The van der Waals surface area contributed by atoms with Gasteiger partial charge in [-0.1, -0.05) is 120 Å². The van der Waals surface area contributed by atoms with Gasteiger partial charge in [-0.05, 0) is 62.0 Å². The zero-order valence-electron chi connectivity index (χ0n) is 20.0. The van der Waals surface area contributed by atoms with Crippen molar-refractivity contribution in [1.29, 1.82) is 0 Å². The molecule has 0 unspecified atom stereocenters. The van der Waals surface area contributed by atoms with Crippen LogP contribution >= 0.6 is 0 Å². The molecule has 7 rings (SSSR count). The normalized spacial score (nSPS) is 11.2. The second kappa shape index (κ2) is 8.89. The first-order chi connectivity index (χ1) is 18.3. The van der Waals surface area contributed by atoms with E-state index in [2.05, 4.69) is 113 Å². The Kier molecular flexibility index (Phi) is 5.11. The van der Waals surface area contributed by atoms with Gasteiger partial charge in [0.25, 0.3) is 5.89 Å². The van der Waals surface area contributed by atoms with Gasteiger partial charge in [-0.2, -0.15) is 4.98 Å². The lowest BCUT2D eigenvalue weighted by molar-refractivity contribution is 0.432. The van der Waals surface area contributed by atoms with Crippen LogP contribution in [0.1, 0.15) is 0 Å². The average molecular weight is 475 g/mol. The van der Waals surface area contributed by atoms with E-state index in [1.165, 1.54) is 32.7 Å². The molecule has 0 aliphatic carbocycles. The van der Waals surface area contributed by atoms with Crippen molar-refractivity contribution in [3.63, 3.8) is 0 Å². The smallest absolute Gasteiger partial charge is 0.258 e. The molecule has 1 heterocycles. The summed E-state index contributed by atoms with van der Waals surface area (Å²) in [7, 11) is 0. The number of aromatic nitrogens is 2. The van der Waals surface area contributed by atoms with Gasteiger partial charge in [-0.3, -0.25) is 0 Å². The second-order valence-corrected chi connectivity index (χ2v) is 9.14. The van der Waals surface area contributed by atoms with Crippen LogP contribution in [0.3, 0.4) is 0 Å². The molecule has 3 heteroatoms. The standard InChI is InChI=1S/C34H22N2O/c1-2-8-23(9-3-1)24-14-20-27(21-15-24)34-35-33(36-37-34)26-18-16-25(17-19-26)32-30-12-6-4-10-28(30)22-29-11-5-7-13-31(29)32/h1-22H. The molecule has 0 spiro atoms. The highest BCUT2D eigenvalue weighted by molar-refractivity contribution is 6.12. The maximum atomic E-state index is 5.62. The van der Waals surface area contributed by atoms with Crippen molar-refractivity contribution in [2.75, 3.05) is 0 Å². The first-order valence-corrected chi connectivity index (χ1v) is 12.3. The quantitative estimate of drug-likeness (QED) is 0.239. The Hall–Kier alpha value is -5.02. The van der Waals surface area contributed by atoms with Crippen molar-refractivity contribution in [2.45, 2.75) is 0 Å². The molecule has 0 saturated heterocycles. The van der Waals surface area contributed by atoms with Crippen LogP contribution in [-0.2, 0) is 0 Å². The number of nitrogens with zero attached hydrogens (tertiary/aromatic N) is 2. The van der Waals surface area contributed by atoms with Gasteiger partial charge in [0.2, 0.25) is 5.82 Å². The van der Waals surface area contributed by atoms with E-state index in [-0.39, 0.29) is 0 Å². The third-order valence-electron chi connectivity index (χ3n) is 6.87. The van der Waals surface area contributed by atoms with Crippen LogP contribution in [0.25, 0.3) is 66.6 Å². The Bertz CT molecular complexity index is 1800. The Morgan fingerprint density at radius 3 is 1.62 bits per heavy atom. The summed E-state index contributed by atoms with van der Waals surface area (Å²) in [4.78, 5) is 4.68. The highest BCUT2D eigenvalue weighted by Gasteiger charge is 2.13. The summed E-state index contributed by atoms with van der Waals surface area (Å²) >= 11 is 0. The summed E-state index contributed by atoms with van der Waals surface area (Å²) in [6.45, 7) is 0. The van der Waals surface area contributed by atoms with Crippen LogP contribution in [0, 0.1) is 0 Å². The lowest BCUT2D eigenvalue weighted by Crippen LogP contribution is -1.87. The molecule has 0 aliphatic rings. The van der Waals surface area contributed by atoms with E-state index in [4.69, 9.17) is 4.52 Å². The predicted molar refractivity (Wildman–Crippen MR) is 151 cm³/mol. The second-order valence-electron chi connectivity index (χ2n) is 9.14. The Labute approximate surface area is 214 Å². The lowest BCUT2D eigenvalue weighted by Gasteiger charge is -2.12. The van der Waals surface area contributed by atoms with E-state index in [0.29, 0.717) is 11.7 Å². The maximum absolute atomic E-state index is 5.62.